The number of nitriles is 1. The van der Waals surface area contributed by atoms with E-state index in [4.69, 9.17) is 0 Å². The molecule has 7 heteroatoms. The van der Waals surface area contributed by atoms with Crippen LogP contribution in [-0.4, -0.2) is 21.9 Å². The Balaban J connectivity index is 2.04. The fourth-order valence-corrected chi connectivity index (χ4v) is 3.67. The van der Waals surface area contributed by atoms with E-state index < -0.39 is 5.41 Å². The van der Waals surface area contributed by atoms with Crippen molar-refractivity contribution in [2.24, 2.45) is 5.41 Å². The first kappa shape index (κ1) is 13.3. The molecule has 0 saturated heterocycles. The number of hydrogen-bond acceptors (Lipinski definition) is 6. The summed E-state index contributed by atoms with van der Waals surface area (Å²) in [6.45, 7) is 2.04. The summed E-state index contributed by atoms with van der Waals surface area (Å²) in [6.07, 6.45) is 3.16. The van der Waals surface area contributed by atoms with E-state index in [0.29, 0.717) is 18.0 Å². The van der Waals surface area contributed by atoms with Gasteiger partial charge < -0.3 is 0 Å². The van der Waals surface area contributed by atoms with Crippen LogP contribution in [0.3, 0.4) is 0 Å². The minimum atomic E-state index is -0.857. The van der Waals surface area contributed by atoms with Gasteiger partial charge in [0.15, 0.2) is 4.34 Å². The molecular formula is C11H14N4OS2. The maximum absolute atomic E-state index is 12.1. The van der Waals surface area contributed by atoms with E-state index in [1.165, 1.54) is 11.3 Å². The molecule has 1 aliphatic carbocycles. The maximum Gasteiger partial charge on any atom is 0.246 e. The number of nitrogens with one attached hydrogen (secondary N) is 1. The molecule has 96 valence electrons. The van der Waals surface area contributed by atoms with E-state index in [1.807, 2.05) is 6.92 Å². The van der Waals surface area contributed by atoms with Gasteiger partial charge in [0.25, 0.3) is 0 Å². The first-order valence-corrected chi connectivity index (χ1v) is 7.69. The zero-order chi connectivity index (χ0) is 13.0. The summed E-state index contributed by atoms with van der Waals surface area (Å²) in [5.41, 5.74) is -0.857. The van der Waals surface area contributed by atoms with Gasteiger partial charge in [0.05, 0.1) is 6.07 Å². The Morgan fingerprint density at radius 2 is 2.28 bits per heavy atom. The van der Waals surface area contributed by atoms with Crippen molar-refractivity contribution in [1.29, 1.82) is 5.26 Å². The number of carbonyl (C=O) groups is 1. The van der Waals surface area contributed by atoms with Crippen LogP contribution in [-0.2, 0) is 4.79 Å². The topological polar surface area (TPSA) is 78.7 Å². The van der Waals surface area contributed by atoms with Crippen molar-refractivity contribution in [2.75, 3.05) is 11.1 Å². The summed E-state index contributed by atoms with van der Waals surface area (Å²) in [6, 6.07) is 2.17. The summed E-state index contributed by atoms with van der Waals surface area (Å²) < 4.78 is 0.838. The summed E-state index contributed by atoms with van der Waals surface area (Å²) in [5.74, 6) is 0.691. The van der Waals surface area contributed by atoms with Crippen LogP contribution in [0.2, 0.25) is 0 Å². The fraction of sp³-hybridized carbons (Fsp3) is 0.636. The lowest BCUT2D eigenvalue weighted by Gasteiger charge is -2.17. The summed E-state index contributed by atoms with van der Waals surface area (Å²) >= 11 is 2.94. The van der Waals surface area contributed by atoms with Crippen molar-refractivity contribution in [2.45, 2.75) is 36.9 Å². The molecule has 1 aliphatic rings. The highest BCUT2D eigenvalue weighted by Crippen LogP contribution is 2.38. The van der Waals surface area contributed by atoms with Gasteiger partial charge in [0, 0.05) is 0 Å². The monoisotopic (exact) mass is 282 g/mol. The second-order valence-corrected chi connectivity index (χ2v) is 6.65. The quantitative estimate of drug-likeness (QED) is 0.678. The number of carbonyl (C=O) groups excluding carboxylic acids is 1. The molecule has 0 spiro atoms. The third-order valence-electron chi connectivity index (χ3n) is 3.00. The van der Waals surface area contributed by atoms with E-state index in [-0.39, 0.29) is 5.91 Å². The van der Waals surface area contributed by atoms with Crippen molar-refractivity contribution in [3.63, 3.8) is 0 Å². The van der Waals surface area contributed by atoms with E-state index in [0.717, 1.165) is 22.9 Å². The van der Waals surface area contributed by atoms with Crippen LogP contribution in [0.5, 0.6) is 0 Å². The molecule has 5 nitrogen and oxygen atoms in total. The zero-order valence-corrected chi connectivity index (χ0v) is 11.7. The van der Waals surface area contributed by atoms with E-state index in [2.05, 4.69) is 21.6 Å². The molecule has 0 atom stereocenters. The molecule has 1 aromatic heterocycles. The Hall–Kier alpha value is -1.13. The Morgan fingerprint density at radius 3 is 2.89 bits per heavy atom. The fourth-order valence-electron chi connectivity index (χ4n) is 2.03. The molecule has 0 aromatic carbocycles. The number of hydrogen-bond donors (Lipinski definition) is 1. The molecular weight excluding hydrogens is 268 g/mol. The molecule has 0 bridgehead atoms. The van der Waals surface area contributed by atoms with Crippen LogP contribution in [0.1, 0.15) is 32.6 Å². The minimum Gasteiger partial charge on any atom is -0.299 e. The lowest BCUT2D eigenvalue weighted by atomic mass is 9.87. The zero-order valence-electron chi connectivity index (χ0n) is 10.1. The molecule has 1 amide bonds. The minimum absolute atomic E-state index is 0.230. The Labute approximate surface area is 114 Å². The van der Waals surface area contributed by atoms with Gasteiger partial charge in [-0.25, -0.2) is 0 Å². The smallest absolute Gasteiger partial charge is 0.246 e. The van der Waals surface area contributed by atoms with Crippen LogP contribution < -0.4 is 5.32 Å². The molecule has 2 rings (SSSR count). The van der Waals surface area contributed by atoms with Crippen molar-refractivity contribution in [3.8, 4) is 6.07 Å². The van der Waals surface area contributed by atoms with Gasteiger partial charge in [-0.05, 0) is 18.6 Å². The highest BCUT2D eigenvalue weighted by atomic mass is 32.2. The molecule has 1 heterocycles. The van der Waals surface area contributed by atoms with Crippen LogP contribution in [0.25, 0.3) is 0 Å². The number of anilines is 1. The maximum atomic E-state index is 12.1. The van der Waals surface area contributed by atoms with Crippen molar-refractivity contribution in [1.82, 2.24) is 10.2 Å². The molecule has 18 heavy (non-hydrogen) atoms. The number of aromatic nitrogens is 2. The van der Waals surface area contributed by atoms with Crippen LogP contribution in [0.15, 0.2) is 4.34 Å². The number of nitrogens with zero attached hydrogens (tertiary/aromatic N) is 3. The Morgan fingerprint density at radius 1 is 1.56 bits per heavy atom. The molecule has 1 saturated carbocycles. The van der Waals surface area contributed by atoms with Crippen molar-refractivity contribution < 1.29 is 4.79 Å². The van der Waals surface area contributed by atoms with Gasteiger partial charge in [-0.1, -0.05) is 42.9 Å². The molecule has 0 aliphatic heterocycles. The first-order valence-electron chi connectivity index (χ1n) is 5.89. The predicted octanol–water partition coefficient (Wildman–Crippen LogP) is 2.67. The lowest BCUT2D eigenvalue weighted by molar-refractivity contribution is -0.122. The second kappa shape index (κ2) is 5.67. The Kier molecular flexibility index (Phi) is 4.19. The molecule has 1 aromatic rings. The van der Waals surface area contributed by atoms with E-state index in [1.54, 1.807) is 11.8 Å². The average Bonchev–Trinajstić information content (AvgIpc) is 2.99. The van der Waals surface area contributed by atoms with Gasteiger partial charge in [0.1, 0.15) is 5.41 Å². The SMILES string of the molecule is CCSc1nnc(NC(=O)C2(C#N)CCCC2)s1. The third kappa shape index (κ3) is 2.65. The standard InChI is InChI=1S/C11H14N4OS2/c1-2-17-10-15-14-9(18-10)13-8(16)11(7-12)5-3-4-6-11/h2-6H2,1H3,(H,13,14,16). The Bertz CT molecular complexity index is 474. The second-order valence-electron chi connectivity index (χ2n) is 4.16. The van der Waals surface area contributed by atoms with Gasteiger partial charge >= 0.3 is 0 Å². The number of amides is 1. The number of thioether (sulfide) groups is 1. The average molecular weight is 282 g/mol. The van der Waals surface area contributed by atoms with Gasteiger partial charge in [-0.15, -0.1) is 10.2 Å². The number of rotatable bonds is 4. The normalized spacial score (nSPS) is 17.3. The molecule has 1 N–H and O–H groups in total. The van der Waals surface area contributed by atoms with Gasteiger partial charge in [-0.3, -0.25) is 10.1 Å². The summed E-state index contributed by atoms with van der Waals surface area (Å²) in [5, 5.41) is 20.3. The summed E-state index contributed by atoms with van der Waals surface area (Å²) in [4.78, 5) is 12.1. The predicted molar refractivity (Wildman–Crippen MR) is 71.5 cm³/mol. The van der Waals surface area contributed by atoms with Crippen molar-refractivity contribution in [3.05, 3.63) is 0 Å². The van der Waals surface area contributed by atoms with E-state index >= 15 is 0 Å². The first-order chi connectivity index (χ1) is 8.70. The molecule has 0 radical (unpaired) electrons. The lowest BCUT2D eigenvalue weighted by Crippen LogP contribution is -2.32. The third-order valence-corrected chi connectivity index (χ3v) is 4.85. The highest BCUT2D eigenvalue weighted by molar-refractivity contribution is 8.01. The van der Waals surface area contributed by atoms with Crippen LogP contribution in [0.4, 0.5) is 5.13 Å². The van der Waals surface area contributed by atoms with Gasteiger partial charge in [-0.2, -0.15) is 5.26 Å². The largest absolute Gasteiger partial charge is 0.299 e. The summed E-state index contributed by atoms with van der Waals surface area (Å²) in [7, 11) is 0. The van der Waals surface area contributed by atoms with Crippen LogP contribution >= 0.6 is 23.1 Å². The molecule has 1 fully saturated rings. The van der Waals surface area contributed by atoms with E-state index in [9.17, 15) is 10.1 Å². The van der Waals surface area contributed by atoms with Crippen molar-refractivity contribution >= 4 is 34.1 Å². The highest BCUT2D eigenvalue weighted by Gasteiger charge is 2.41. The van der Waals surface area contributed by atoms with Gasteiger partial charge in [0.2, 0.25) is 11.0 Å². The van der Waals surface area contributed by atoms with Crippen LogP contribution in [0, 0.1) is 16.7 Å². The molecule has 0 unspecified atom stereocenters.